The van der Waals surface area contributed by atoms with E-state index in [4.69, 9.17) is 21.7 Å². The molecule has 1 heterocycles. The third-order valence-corrected chi connectivity index (χ3v) is 3.13. The monoisotopic (exact) mass is 306 g/mol. The first-order valence-electron chi connectivity index (χ1n) is 6.71. The fourth-order valence-corrected chi connectivity index (χ4v) is 2.08. The Morgan fingerprint density at radius 3 is 2.90 bits per heavy atom. The Kier molecular flexibility index (Phi) is 5.10. The fraction of sp³-hybridized carbons (Fsp3) is 0.357. The molecule has 0 aliphatic carbocycles. The second-order valence-corrected chi connectivity index (χ2v) is 4.55. The standard InChI is InChI=1S/C14H18N4O2S/c1-4-12-16-17-14(21)18(12)15-9-10-7-6-8-11(19-3)13(10)20-5-2/h6-9H,4-5H2,1-3H3,(H,17,21)/b15-9-. The van der Waals surface area contributed by atoms with E-state index in [1.54, 1.807) is 18.0 Å². The number of H-pyrrole nitrogens is 1. The fourth-order valence-electron chi connectivity index (χ4n) is 1.89. The minimum atomic E-state index is 0.462. The Hall–Kier alpha value is -2.15. The number of methoxy groups -OCH3 is 1. The van der Waals surface area contributed by atoms with Crippen molar-refractivity contribution < 1.29 is 9.47 Å². The van der Waals surface area contributed by atoms with Crippen LogP contribution >= 0.6 is 12.2 Å². The number of aryl methyl sites for hydroxylation is 1. The number of ether oxygens (including phenoxy) is 2. The van der Waals surface area contributed by atoms with Crippen molar-refractivity contribution in [1.29, 1.82) is 0 Å². The van der Waals surface area contributed by atoms with Gasteiger partial charge in [0, 0.05) is 12.0 Å². The zero-order chi connectivity index (χ0) is 15.2. The van der Waals surface area contributed by atoms with Crippen molar-refractivity contribution in [3.63, 3.8) is 0 Å². The molecule has 0 unspecified atom stereocenters. The smallest absolute Gasteiger partial charge is 0.216 e. The highest BCUT2D eigenvalue weighted by Crippen LogP contribution is 2.30. The molecule has 0 fully saturated rings. The van der Waals surface area contributed by atoms with Crippen LogP contribution in [0.5, 0.6) is 11.5 Å². The van der Waals surface area contributed by atoms with Crippen LogP contribution in [0.3, 0.4) is 0 Å². The summed E-state index contributed by atoms with van der Waals surface area (Å²) in [5.74, 6) is 2.11. The van der Waals surface area contributed by atoms with E-state index in [0.717, 1.165) is 17.8 Å². The molecule has 2 rings (SSSR count). The lowest BCUT2D eigenvalue weighted by molar-refractivity contribution is 0.310. The lowest BCUT2D eigenvalue weighted by Crippen LogP contribution is -2.01. The van der Waals surface area contributed by atoms with Crippen LogP contribution in [0.15, 0.2) is 23.3 Å². The van der Waals surface area contributed by atoms with E-state index >= 15 is 0 Å². The van der Waals surface area contributed by atoms with Crippen molar-refractivity contribution in [3.8, 4) is 11.5 Å². The van der Waals surface area contributed by atoms with E-state index in [-0.39, 0.29) is 0 Å². The van der Waals surface area contributed by atoms with Crippen LogP contribution < -0.4 is 9.47 Å². The maximum absolute atomic E-state index is 5.64. The Balaban J connectivity index is 2.41. The SMILES string of the molecule is CCOc1c(/C=N\n2c(CC)n[nH]c2=S)cccc1OC. The number of hydrogen-bond acceptors (Lipinski definition) is 5. The van der Waals surface area contributed by atoms with E-state index in [1.165, 1.54) is 0 Å². The third kappa shape index (κ3) is 3.30. The van der Waals surface area contributed by atoms with Crippen LogP contribution in [-0.4, -0.2) is 34.8 Å². The summed E-state index contributed by atoms with van der Waals surface area (Å²) >= 11 is 5.16. The molecule has 0 radical (unpaired) electrons. The van der Waals surface area contributed by atoms with Gasteiger partial charge in [0.05, 0.1) is 19.9 Å². The van der Waals surface area contributed by atoms with Crippen LogP contribution in [0.25, 0.3) is 0 Å². The van der Waals surface area contributed by atoms with Gasteiger partial charge in [-0.3, -0.25) is 5.10 Å². The van der Waals surface area contributed by atoms with E-state index in [1.807, 2.05) is 32.0 Å². The van der Waals surface area contributed by atoms with Crippen molar-refractivity contribution in [2.45, 2.75) is 20.3 Å². The average Bonchev–Trinajstić information content (AvgIpc) is 2.86. The number of hydrogen-bond donors (Lipinski definition) is 1. The topological polar surface area (TPSA) is 64.4 Å². The summed E-state index contributed by atoms with van der Waals surface area (Å²) in [7, 11) is 1.61. The molecule has 0 spiro atoms. The van der Waals surface area contributed by atoms with Gasteiger partial charge in [0.2, 0.25) is 4.77 Å². The highest BCUT2D eigenvalue weighted by Gasteiger charge is 2.09. The minimum absolute atomic E-state index is 0.462. The first-order valence-corrected chi connectivity index (χ1v) is 7.12. The van der Waals surface area contributed by atoms with E-state index < -0.39 is 0 Å². The maximum Gasteiger partial charge on any atom is 0.216 e. The van der Waals surface area contributed by atoms with Gasteiger partial charge in [0.15, 0.2) is 17.3 Å². The molecule has 0 saturated heterocycles. The van der Waals surface area contributed by atoms with Crippen molar-refractivity contribution in [2.75, 3.05) is 13.7 Å². The molecule has 0 aliphatic rings. The average molecular weight is 306 g/mol. The maximum atomic E-state index is 5.64. The molecule has 1 N–H and O–H groups in total. The quantitative estimate of drug-likeness (QED) is 0.658. The van der Waals surface area contributed by atoms with Gasteiger partial charge in [-0.15, -0.1) is 0 Å². The number of nitrogens with one attached hydrogen (secondary N) is 1. The van der Waals surface area contributed by atoms with Crippen molar-refractivity contribution in [1.82, 2.24) is 14.9 Å². The van der Waals surface area contributed by atoms with Gasteiger partial charge < -0.3 is 9.47 Å². The Labute approximate surface area is 128 Å². The molecule has 0 amide bonds. The van der Waals surface area contributed by atoms with Crippen molar-refractivity contribution in [2.24, 2.45) is 5.10 Å². The van der Waals surface area contributed by atoms with Crippen LogP contribution in [0.2, 0.25) is 0 Å². The number of aromatic amines is 1. The summed E-state index contributed by atoms with van der Waals surface area (Å²) in [4.78, 5) is 0. The largest absolute Gasteiger partial charge is 0.493 e. The summed E-state index contributed by atoms with van der Waals surface area (Å²) < 4.78 is 13.0. The first-order chi connectivity index (χ1) is 10.2. The Bertz CT molecular complexity index is 691. The van der Waals surface area contributed by atoms with Crippen molar-refractivity contribution >= 4 is 18.4 Å². The lowest BCUT2D eigenvalue weighted by atomic mass is 10.2. The summed E-state index contributed by atoms with van der Waals surface area (Å²) in [6, 6.07) is 5.65. The van der Waals surface area contributed by atoms with Crippen LogP contribution in [0.1, 0.15) is 25.2 Å². The van der Waals surface area contributed by atoms with Gasteiger partial charge in [-0.2, -0.15) is 14.9 Å². The van der Waals surface area contributed by atoms with Gasteiger partial charge in [-0.25, -0.2) is 0 Å². The molecule has 0 aliphatic heterocycles. The van der Waals surface area contributed by atoms with Crippen LogP contribution in [0, 0.1) is 4.77 Å². The molecule has 6 nitrogen and oxygen atoms in total. The van der Waals surface area contributed by atoms with Crippen LogP contribution in [0.4, 0.5) is 0 Å². The van der Waals surface area contributed by atoms with Gasteiger partial charge in [0.1, 0.15) is 0 Å². The highest BCUT2D eigenvalue weighted by atomic mass is 32.1. The number of aromatic nitrogens is 3. The number of rotatable bonds is 6. The Morgan fingerprint density at radius 2 is 2.24 bits per heavy atom. The van der Waals surface area contributed by atoms with Crippen molar-refractivity contribution in [3.05, 3.63) is 34.4 Å². The van der Waals surface area contributed by atoms with E-state index in [2.05, 4.69) is 15.3 Å². The molecule has 0 saturated carbocycles. The molecule has 1 aromatic heterocycles. The van der Waals surface area contributed by atoms with Gasteiger partial charge in [-0.05, 0) is 31.3 Å². The summed E-state index contributed by atoms with van der Waals surface area (Å²) in [6.07, 6.45) is 2.43. The molecule has 0 atom stereocenters. The summed E-state index contributed by atoms with van der Waals surface area (Å²) in [5, 5.41) is 11.2. The third-order valence-electron chi connectivity index (χ3n) is 2.86. The predicted octanol–water partition coefficient (Wildman–Crippen LogP) is 2.79. The second-order valence-electron chi connectivity index (χ2n) is 4.17. The van der Waals surface area contributed by atoms with E-state index in [9.17, 15) is 0 Å². The predicted molar refractivity (Wildman–Crippen MR) is 83.9 cm³/mol. The minimum Gasteiger partial charge on any atom is -0.493 e. The molecule has 2 aromatic rings. The molecular formula is C14H18N4O2S. The first kappa shape index (κ1) is 15.2. The van der Waals surface area contributed by atoms with Gasteiger partial charge >= 0.3 is 0 Å². The van der Waals surface area contributed by atoms with Gasteiger partial charge in [-0.1, -0.05) is 13.0 Å². The lowest BCUT2D eigenvalue weighted by Gasteiger charge is -2.11. The number of benzene rings is 1. The molecule has 21 heavy (non-hydrogen) atoms. The molecule has 1 aromatic carbocycles. The Morgan fingerprint density at radius 1 is 1.43 bits per heavy atom. The zero-order valence-electron chi connectivity index (χ0n) is 12.3. The molecular weight excluding hydrogens is 288 g/mol. The number of nitrogens with zero attached hydrogens (tertiary/aromatic N) is 3. The van der Waals surface area contributed by atoms with Crippen LogP contribution in [-0.2, 0) is 6.42 Å². The van der Waals surface area contributed by atoms with Gasteiger partial charge in [0.25, 0.3) is 0 Å². The summed E-state index contributed by atoms with van der Waals surface area (Å²) in [5.41, 5.74) is 0.821. The molecule has 112 valence electrons. The summed E-state index contributed by atoms with van der Waals surface area (Å²) in [6.45, 7) is 4.47. The number of para-hydroxylation sites is 1. The molecule has 0 bridgehead atoms. The molecule has 7 heteroatoms. The highest BCUT2D eigenvalue weighted by molar-refractivity contribution is 7.71. The normalized spacial score (nSPS) is 11.0. The second kappa shape index (κ2) is 7.03. The zero-order valence-corrected chi connectivity index (χ0v) is 13.1. The van der Waals surface area contributed by atoms with E-state index in [0.29, 0.717) is 22.9 Å².